The van der Waals surface area contributed by atoms with E-state index >= 15 is 0 Å². The fraction of sp³-hybridized carbons (Fsp3) is 0.786. The Morgan fingerprint density at radius 1 is 1.24 bits per heavy atom. The number of carbonyl (C=O) groups is 3. The normalized spacial score (nSPS) is 16.4. The van der Waals surface area contributed by atoms with Gasteiger partial charge in [-0.1, -0.05) is 19.8 Å². The molecule has 0 aliphatic heterocycles. The molecule has 1 aliphatic carbocycles. The third kappa shape index (κ3) is 8.29. The fourth-order valence-corrected chi connectivity index (χ4v) is 2.35. The molecule has 0 spiro atoms. The molecule has 3 N–H and O–H groups in total. The molecular weight excluding hydrogens is 276 g/mol. The number of carbonyl (C=O) groups excluding carboxylic acids is 2. The summed E-state index contributed by atoms with van der Waals surface area (Å²) in [6, 6.07) is -0.572. The monoisotopic (exact) mass is 300 g/mol. The average molecular weight is 300 g/mol. The topological polar surface area (TPSA) is 105 Å². The molecule has 1 unspecified atom stereocenters. The fourth-order valence-electron chi connectivity index (χ4n) is 2.35. The first-order valence-electron chi connectivity index (χ1n) is 7.38. The highest BCUT2D eigenvalue weighted by Crippen LogP contribution is 2.20. The van der Waals surface area contributed by atoms with E-state index in [4.69, 9.17) is 9.84 Å². The van der Waals surface area contributed by atoms with E-state index in [1.807, 2.05) is 0 Å². The van der Waals surface area contributed by atoms with Crippen molar-refractivity contribution in [2.24, 2.45) is 5.92 Å². The van der Waals surface area contributed by atoms with Gasteiger partial charge in [0.1, 0.15) is 0 Å². The summed E-state index contributed by atoms with van der Waals surface area (Å²) in [4.78, 5) is 33.4. The molecule has 0 saturated heterocycles. The predicted molar refractivity (Wildman–Crippen MR) is 75.8 cm³/mol. The smallest absolute Gasteiger partial charge is 0.321 e. The highest BCUT2D eigenvalue weighted by molar-refractivity contribution is 5.94. The molecular formula is C14H24N2O5. The number of aliphatic carboxylic acids is 1. The maximum Gasteiger partial charge on any atom is 0.321 e. The molecule has 0 bridgehead atoms. The summed E-state index contributed by atoms with van der Waals surface area (Å²) in [6.07, 6.45) is 4.76. The molecule has 1 saturated carbocycles. The van der Waals surface area contributed by atoms with Gasteiger partial charge in [-0.15, -0.1) is 0 Å². The van der Waals surface area contributed by atoms with Crippen LogP contribution in [0.5, 0.6) is 0 Å². The second-order valence-corrected chi connectivity index (χ2v) is 5.49. The molecule has 1 aliphatic rings. The Morgan fingerprint density at radius 2 is 1.90 bits per heavy atom. The van der Waals surface area contributed by atoms with Gasteiger partial charge in [0.15, 0.2) is 0 Å². The van der Waals surface area contributed by atoms with Gasteiger partial charge in [0.2, 0.25) is 5.91 Å². The van der Waals surface area contributed by atoms with Crippen LogP contribution in [0.3, 0.4) is 0 Å². The van der Waals surface area contributed by atoms with Crippen LogP contribution < -0.4 is 10.6 Å². The third-order valence-electron chi connectivity index (χ3n) is 3.35. The van der Waals surface area contributed by atoms with E-state index in [9.17, 15) is 14.4 Å². The Bertz CT molecular complexity index is 366. The number of hydrogen-bond donors (Lipinski definition) is 3. The van der Waals surface area contributed by atoms with Crippen LogP contribution in [-0.4, -0.2) is 42.3 Å². The Kier molecular flexibility index (Phi) is 7.74. The number of urea groups is 1. The molecule has 0 radical (unpaired) electrons. The van der Waals surface area contributed by atoms with Gasteiger partial charge in [-0.05, 0) is 18.8 Å². The van der Waals surface area contributed by atoms with Gasteiger partial charge >= 0.3 is 12.0 Å². The second kappa shape index (κ2) is 9.33. The summed E-state index contributed by atoms with van der Waals surface area (Å²) in [6.45, 7) is 2.43. The number of carboxylic acids is 1. The minimum atomic E-state index is -0.955. The first-order valence-corrected chi connectivity index (χ1v) is 7.38. The molecule has 1 atom stereocenters. The lowest BCUT2D eigenvalue weighted by atomic mass is 10.0. The van der Waals surface area contributed by atoms with Crippen molar-refractivity contribution in [2.45, 2.75) is 51.6 Å². The quantitative estimate of drug-likeness (QED) is 0.586. The lowest BCUT2D eigenvalue weighted by Crippen LogP contribution is -2.41. The molecule has 120 valence electrons. The zero-order chi connectivity index (χ0) is 15.7. The van der Waals surface area contributed by atoms with E-state index in [-0.39, 0.29) is 18.8 Å². The lowest BCUT2D eigenvalue weighted by molar-refractivity contribution is -0.138. The van der Waals surface area contributed by atoms with Crippen molar-refractivity contribution in [3.05, 3.63) is 0 Å². The summed E-state index contributed by atoms with van der Waals surface area (Å²) in [5.41, 5.74) is 0. The van der Waals surface area contributed by atoms with Crippen molar-refractivity contribution in [1.82, 2.24) is 10.6 Å². The van der Waals surface area contributed by atoms with Crippen LogP contribution in [0.15, 0.2) is 0 Å². The highest BCUT2D eigenvalue weighted by Gasteiger charge is 2.16. The lowest BCUT2D eigenvalue weighted by Gasteiger charge is -2.12. The summed E-state index contributed by atoms with van der Waals surface area (Å²) >= 11 is 0. The van der Waals surface area contributed by atoms with Crippen molar-refractivity contribution >= 4 is 17.9 Å². The van der Waals surface area contributed by atoms with E-state index in [1.54, 1.807) is 6.92 Å². The van der Waals surface area contributed by atoms with Crippen LogP contribution in [0, 0.1) is 5.92 Å². The SMILES string of the molecule is CC(CC(=O)O)CC(=O)NC(=O)NCCOC1CCCC1. The molecule has 0 heterocycles. The minimum Gasteiger partial charge on any atom is -0.481 e. The first-order chi connectivity index (χ1) is 9.97. The maximum atomic E-state index is 11.5. The van der Waals surface area contributed by atoms with Crippen molar-refractivity contribution in [3.63, 3.8) is 0 Å². The van der Waals surface area contributed by atoms with Crippen LogP contribution in [0.25, 0.3) is 0 Å². The van der Waals surface area contributed by atoms with Gasteiger partial charge < -0.3 is 15.2 Å². The second-order valence-electron chi connectivity index (χ2n) is 5.49. The van der Waals surface area contributed by atoms with Gasteiger partial charge in [-0.3, -0.25) is 14.9 Å². The van der Waals surface area contributed by atoms with Gasteiger partial charge in [-0.25, -0.2) is 4.79 Å². The standard InChI is InChI=1S/C14H24N2O5/c1-10(9-13(18)19)8-12(17)16-14(20)15-6-7-21-11-4-2-3-5-11/h10-11H,2-9H2,1H3,(H,18,19)(H2,15,16,17,20). The number of hydrogen-bond acceptors (Lipinski definition) is 4. The minimum absolute atomic E-state index is 0.0122. The number of imide groups is 1. The van der Waals surface area contributed by atoms with Crippen LogP contribution >= 0.6 is 0 Å². The molecule has 3 amide bonds. The number of amides is 3. The molecule has 1 fully saturated rings. The van der Waals surface area contributed by atoms with E-state index in [0.717, 1.165) is 12.8 Å². The van der Waals surface area contributed by atoms with Gasteiger partial charge in [-0.2, -0.15) is 0 Å². The zero-order valence-electron chi connectivity index (χ0n) is 12.4. The summed E-state index contributed by atoms with van der Waals surface area (Å²) in [5.74, 6) is -1.73. The maximum absolute atomic E-state index is 11.5. The molecule has 21 heavy (non-hydrogen) atoms. The molecule has 0 aromatic rings. The predicted octanol–water partition coefficient (Wildman–Crippen LogP) is 1.27. The van der Waals surface area contributed by atoms with Crippen LogP contribution in [0.4, 0.5) is 4.79 Å². The Hall–Kier alpha value is -1.63. The van der Waals surface area contributed by atoms with Crippen molar-refractivity contribution in [3.8, 4) is 0 Å². The number of carboxylic acid groups (broad SMARTS) is 1. The molecule has 0 aromatic carbocycles. The first kappa shape index (κ1) is 17.4. The Labute approximate surface area is 124 Å². The zero-order valence-corrected chi connectivity index (χ0v) is 12.4. The average Bonchev–Trinajstić information content (AvgIpc) is 2.86. The highest BCUT2D eigenvalue weighted by atomic mass is 16.5. The number of ether oxygens (including phenoxy) is 1. The summed E-state index contributed by atoms with van der Waals surface area (Å²) < 4.78 is 5.57. The van der Waals surface area contributed by atoms with E-state index < -0.39 is 17.9 Å². The number of rotatable bonds is 8. The van der Waals surface area contributed by atoms with E-state index in [1.165, 1.54) is 12.8 Å². The van der Waals surface area contributed by atoms with Crippen LogP contribution in [-0.2, 0) is 14.3 Å². The molecule has 0 aromatic heterocycles. The van der Waals surface area contributed by atoms with Crippen molar-refractivity contribution in [2.75, 3.05) is 13.2 Å². The van der Waals surface area contributed by atoms with Crippen molar-refractivity contribution in [1.29, 1.82) is 0 Å². The number of nitrogens with one attached hydrogen (secondary N) is 2. The van der Waals surface area contributed by atoms with Gasteiger partial charge in [0, 0.05) is 19.4 Å². The van der Waals surface area contributed by atoms with E-state index in [2.05, 4.69) is 10.6 Å². The van der Waals surface area contributed by atoms with Crippen molar-refractivity contribution < 1.29 is 24.2 Å². The Morgan fingerprint density at radius 3 is 2.52 bits per heavy atom. The summed E-state index contributed by atoms with van der Waals surface area (Å²) in [5, 5.41) is 13.3. The molecule has 7 heteroatoms. The largest absolute Gasteiger partial charge is 0.481 e. The van der Waals surface area contributed by atoms with Gasteiger partial charge in [0.05, 0.1) is 12.7 Å². The summed E-state index contributed by atoms with van der Waals surface area (Å²) in [7, 11) is 0. The third-order valence-corrected chi connectivity index (χ3v) is 3.35. The van der Waals surface area contributed by atoms with Crippen LogP contribution in [0.1, 0.15) is 45.4 Å². The van der Waals surface area contributed by atoms with E-state index in [0.29, 0.717) is 19.3 Å². The van der Waals surface area contributed by atoms with Crippen LogP contribution in [0.2, 0.25) is 0 Å². The van der Waals surface area contributed by atoms with Gasteiger partial charge in [0.25, 0.3) is 0 Å². The molecule has 7 nitrogen and oxygen atoms in total. The Balaban J connectivity index is 2.06. The molecule has 1 rings (SSSR count).